The second kappa shape index (κ2) is 18.9. The first kappa shape index (κ1) is 41.5. The van der Waals surface area contributed by atoms with Crippen molar-refractivity contribution in [2.75, 3.05) is 73.2 Å². The van der Waals surface area contributed by atoms with Crippen LogP contribution in [0.4, 0.5) is 17.6 Å². The summed E-state index contributed by atoms with van der Waals surface area (Å²) in [5, 5.41) is 0. The fraction of sp³-hybridized carbons (Fsp3) is 0.455. The van der Waals surface area contributed by atoms with Crippen LogP contribution >= 0.6 is 37.2 Å². The summed E-state index contributed by atoms with van der Waals surface area (Å²) in [6.45, 7) is 5.69. The molecule has 1 amide bonds. The van der Waals surface area contributed by atoms with Crippen molar-refractivity contribution in [1.82, 2.24) is 19.7 Å². The summed E-state index contributed by atoms with van der Waals surface area (Å²) < 4.78 is 72.3. The van der Waals surface area contributed by atoms with Crippen LogP contribution in [0.1, 0.15) is 21.5 Å². The fourth-order valence-corrected chi connectivity index (χ4v) is 6.01. The molecule has 1 aromatic heterocycles. The molecule has 2 atom stereocenters. The predicted octanol–water partition coefficient (Wildman–Crippen LogP) is 5.90. The van der Waals surface area contributed by atoms with Gasteiger partial charge in [-0.3, -0.25) is 19.6 Å². The third kappa shape index (κ3) is 10.6. The van der Waals surface area contributed by atoms with E-state index in [1.807, 2.05) is 0 Å². The molecule has 8 nitrogen and oxygen atoms in total. The Morgan fingerprint density at radius 3 is 2.29 bits per heavy atom. The number of methoxy groups -OCH3 is 2. The number of pyridine rings is 1. The number of halogens is 7. The SMILES string of the molecule is COC[C@@H]1CN(CCN2CCN(C(=O)c3cc(-c4ccncc4)cc(C(F)(F)F)c3)[C@H](Cc3ccc(F)c(OC)c3)C2)CCO1.Cl.Cl.Cl. The second-order valence-corrected chi connectivity index (χ2v) is 11.4. The molecule has 0 radical (unpaired) electrons. The summed E-state index contributed by atoms with van der Waals surface area (Å²) >= 11 is 0. The average Bonchev–Trinajstić information content (AvgIpc) is 3.04. The topological polar surface area (TPSA) is 67.4 Å². The number of piperazine rings is 1. The van der Waals surface area contributed by atoms with Gasteiger partial charge in [-0.2, -0.15) is 13.2 Å². The molecule has 2 aromatic carbocycles. The molecular formula is C33H41Cl3F4N4O4. The Balaban J connectivity index is 0.00000267. The first-order valence-corrected chi connectivity index (χ1v) is 15.0. The van der Waals surface area contributed by atoms with E-state index in [1.54, 1.807) is 36.3 Å². The van der Waals surface area contributed by atoms with E-state index in [1.165, 1.54) is 31.6 Å². The number of carbonyl (C=O) groups excluding carboxylic acids is 1. The summed E-state index contributed by atoms with van der Waals surface area (Å²) in [5.41, 5.74) is 0.641. The lowest BCUT2D eigenvalue weighted by molar-refractivity contribution is -0.137. The van der Waals surface area contributed by atoms with E-state index < -0.39 is 23.5 Å². The first-order chi connectivity index (χ1) is 21.6. The number of benzene rings is 2. The summed E-state index contributed by atoms with van der Waals surface area (Å²) in [4.78, 5) is 24.3. The second-order valence-electron chi connectivity index (χ2n) is 11.4. The number of carbonyl (C=O) groups is 1. The molecule has 3 heterocycles. The molecular weight excluding hydrogens is 699 g/mol. The van der Waals surface area contributed by atoms with Gasteiger partial charge in [0.15, 0.2) is 11.6 Å². The lowest BCUT2D eigenvalue weighted by atomic mass is 9.97. The Hall–Kier alpha value is -2.71. The zero-order chi connectivity index (χ0) is 32.0. The number of hydrogen-bond donors (Lipinski definition) is 0. The van der Waals surface area contributed by atoms with E-state index in [2.05, 4.69) is 14.8 Å². The first-order valence-electron chi connectivity index (χ1n) is 15.0. The minimum Gasteiger partial charge on any atom is -0.494 e. The molecule has 266 valence electrons. The Morgan fingerprint density at radius 2 is 1.62 bits per heavy atom. The van der Waals surface area contributed by atoms with Crippen LogP contribution in [0, 0.1) is 5.82 Å². The van der Waals surface area contributed by atoms with Gasteiger partial charge in [0.05, 0.1) is 32.0 Å². The summed E-state index contributed by atoms with van der Waals surface area (Å²) in [6, 6.07) is 10.9. The summed E-state index contributed by atoms with van der Waals surface area (Å²) in [6.07, 6.45) is -1.25. The molecule has 0 saturated carbocycles. The van der Waals surface area contributed by atoms with Crippen molar-refractivity contribution < 1.29 is 36.6 Å². The highest BCUT2D eigenvalue weighted by Crippen LogP contribution is 2.34. The standard InChI is InChI=1S/C33H38F4N4O4.3ClH/c1-43-22-29-21-40(13-14-45-29)10-9-39-11-12-41(28(20-39)15-23-3-4-30(34)31(16-23)44-2)32(42)26-17-25(24-5-7-38-8-6-24)18-27(19-26)33(35,36)37;;;/h3-8,16-19,28-29H,9-15,20-22H2,1-2H3;3*1H/t28-,29+;;;/m1.../s1. The van der Waals surface area contributed by atoms with Gasteiger partial charge in [0.1, 0.15) is 0 Å². The molecule has 48 heavy (non-hydrogen) atoms. The van der Waals surface area contributed by atoms with Gasteiger partial charge in [-0.1, -0.05) is 6.07 Å². The molecule has 2 aliphatic rings. The Morgan fingerprint density at radius 1 is 0.917 bits per heavy atom. The van der Waals surface area contributed by atoms with E-state index in [9.17, 15) is 22.4 Å². The number of nitrogens with zero attached hydrogens (tertiary/aromatic N) is 4. The highest BCUT2D eigenvalue weighted by molar-refractivity contribution is 5.96. The smallest absolute Gasteiger partial charge is 0.416 e. The van der Waals surface area contributed by atoms with Crippen molar-refractivity contribution in [1.29, 1.82) is 0 Å². The molecule has 2 aliphatic heterocycles. The minimum atomic E-state index is -4.64. The van der Waals surface area contributed by atoms with Crippen molar-refractivity contribution in [2.24, 2.45) is 0 Å². The van der Waals surface area contributed by atoms with Gasteiger partial charge in [-0.25, -0.2) is 4.39 Å². The van der Waals surface area contributed by atoms with Crippen LogP contribution in [0.5, 0.6) is 5.75 Å². The number of alkyl halides is 3. The van der Waals surface area contributed by atoms with Crippen LogP contribution in [0.25, 0.3) is 11.1 Å². The van der Waals surface area contributed by atoms with Crippen LogP contribution in [0.3, 0.4) is 0 Å². The van der Waals surface area contributed by atoms with Crippen LogP contribution in [0.15, 0.2) is 60.9 Å². The van der Waals surface area contributed by atoms with E-state index in [0.717, 1.165) is 43.9 Å². The average molecular weight is 740 g/mol. The number of rotatable bonds is 10. The van der Waals surface area contributed by atoms with Gasteiger partial charge < -0.3 is 19.1 Å². The molecule has 0 N–H and O–H groups in total. The molecule has 3 aromatic rings. The number of hydrogen-bond acceptors (Lipinski definition) is 7. The normalized spacial score (nSPS) is 18.7. The van der Waals surface area contributed by atoms with E-state index in [0.29, 0.717) is 44.8 Å². The van der Waals surface area contributed by atoms with Crippen molar-refractivity contribution in [2.45, 2.75) is 24.7 Å². The number of morpholine rings is 1. The predicted molar refractivity (Wildman–Crippen MR) is 182 cm³/mol. The molecule has 0 unspecified atom stereocenters. The maximum absolute atomic E-state index is 14.2. The molecule has 2 fully saturated rings. The number of aromatic nitrogens is 1. The monoisotopic (exact) mass is 738 g/mol. The van der Waals surface area contributed by atoms with Crippen LogP contribution in [-0.2, 0) is 22.1 Å². The summed E-state index contributed by atoms with van der Waals surface area (Å²) in [7, 11) is 3.04. The van der Waals surface area contributed by atoms with Crippen molar-refractivity contribution in [3.05, 3.63) is 83.4 Å². The fourth-order valence-electron chi connectivity index (χ4n) is 6.01. The van der Waals surface area contributed by atoms with Gasteiger partial charge in [-0.05, 0) is 65.6 Å². The van der Waals surface area contributed by atoms with Gasteiger partial charge in [-0.15, -0.1) is 37.2 Å². The van der Waals surface area contributed by atoms with Gasteiger partial charge >= 0.3 is 6.18 Å². The third-order valence-corrected chi connectivity index (χ3v) is 8.34. The number of amides is 1. The van der Waals surface area contributed by atoms with Gasteiger partial charge in [0.25, 0.3) is 5.91 Å². The highest BCUT2D eigenvalue weighted by atomic mass is 35.5. The molecule has 0 bridgehead atoms. The lowest BCUT2D eigenvalue weighted by Crippen LogP contribution is -2.57. The quantitative estimate of drug-likeness (QED) is 0.240. The number of ether oxygens (including phenoxy) is 3. The molecule has 0 spiro atoms. The molecule has 2 saturated heterocycles. The van der Waals surface area contributed by atoms with Crippen LogP contribution < -0.4 is 4.74 Å². The minimum absolute atomic E-state index is 0. The van der Waals surface area contributed by atoms with Crippen LogP contribution in [0.2, 0.25) is 0 Å². The van der Waals surface area contributed by atoms with E-state index in [-0.39, 0.29) is 66.2 Å². The van der Waals surface area contributed by atoms with E-state index in [4.69, 9.17) is 14.2 Å². The molecule has 5 rings (SSSR count). The Bertz CT molecular complexity index is 1460. The van der Waals surface area contributed by atoms with Crippen LogP contribution in [-0.4, -0.2) is 111 Å². The molecule has 0 aliphatic carbocycles. The third-order valence-electron chi connectivity index (χ3n) is 8.34. The maximum Gasteiger partial charge on any atom is 0.416 e. The van der Waals surface area contributed by atoms with Crippen molar-refractivity contribution >= 4 is 43.1 Å². The highest BCUT2D eigenvalue weighted by Gasteiger charge is 2.35. The summed E-state index contributed by atoms with van der Waals surface area (Å²) in [5.74, 6) is -0.883. The zero-order valence-corrected chi connectivity index (χ0v) is 29.1. The Labute approximate surface area is 296 Å². The largest absolute Gasteiger partial charge is 0.494 e. The van der Waals surface area contributed by atoms with Crippen molar-refractivity contribution in [3.63, 3.8) is 0 Å². The van der Waals surface area contributed by atoms with Crippen molar-refractivity contribution in [3.8, 4) is 16.9 Å². The maximum atomic E-state index is 14.2. The Kier molecular flexibility index (Phi) is 16.3. The van der Waals surface area contributed by atoms with Gasteiger partial charge in [0, 0.05) is 76.9 Å². The van der Waals surface area contributed by atoms with Gasteiger partial charge in [0.2, 0.25) is 0 Å². The molecule has 15 heteroatoms. The zero-order valence-electron chi connectivity index (χ0n) is 26.7. The van der Waals surface area contributed by atoms with E-state index >= 15 is 0 Å². The lowest BCUT2D eigenvalue weighted by Gasteiger charge is -2.43.